The van der Waals surface area contributed by atoms with Crippen molar-refractivity contribution in [2.45, 2.75) is 46.4 Å². The average molecular weight is 475 g/mol. The number of hydrogen-bond donors (Lipinski definition) is 1. The second-order valence-corrected chi connectivity index (χ2v) is 10.5. The second kappa shape index (κ2) is 9.07. The molecule has 0 aliphatic carbocycles. The Morgan fingerprint density at radius 2 is 1.72 bits per heavy atom. The van der Waals surface area contributed by atoms with E-state index in [1.54, 1.807) is 17.9 Å². The maximum Gasteiger partial charge on any atom is 0.265 e. The summed E-state index contributed by atoms with van der Waals surface area (Å²) in [5.41, 5.74) is 4.22. The molecule has 0 spiro atoms. The third-order valence-corrected chi connectivity index (χ3v) is 8.39. The largest absolute Gasteiger partial charge is 0.345 e. The van der Waals surface area contributed by atoms with Crippen molar-refractivity contribution < 1.29 is 13.2 Å². The van der Waals surface area contributed by atoms with Crippen LogP contribution in [0.25, 0.3) is 10.7 Å². The fourth-order valence-corrected chi connectivity index (χ4v) is 6.25. The number of anilines is 1. The summed E-state index contributed by atoms with van der Waals surface area (Å²) >= 11 is 1.30. The van der Waals surface area contributed by atoms with Crippen molar-refractivity contribution in [1.29, 1.82) is 0 Å². The van der Waals surface area contributed by atoms with E-state index in [9.17, 15) is 13.2 Å². The molecule has 0 saturated carbocycles. The lowest BCUT2D eigenvalue weighted by Gasteiger charge is -2.17. The minimum atomic E-state index is -3.81. The van der Waals surface area contributed by atoms with Gasteiger partial charge in [-0.05, 0) is 58.7 Å². The van der Waals surface area contributed by atoms with E-state index in [0.717, 1.165) is 11.1 Å². The molecular weight excluding hydrogens is 444 g/mol. The molecule has 3 aromatic rings. The van der Waals surface area contributed by atoms with Gasteiger partial charge in [0.2, 0.25) is 0 Å². The first-order valence-electron chi connectivity index (χ1n) is 10.5. The molecule has 3 rings (SSSR count). The summed E-state index contributed by atoms with van der Waals surface area (Å²) in [6.45, 7) is 12.5. The standard InChI is InChI=1S/C23H30N4O3S2/c1-8-27(9-2)23(28)21-16(5)24-22(31-21)18-13-19(17(6)26(18)7)32(29,30)25-20-14(3)11-10-12-15(20)4/h10-13,25H,8-9H2,1-7H3. The minimum Gasteiger partial charge on any atom is -0.345 e. The predicted molar refractivity (Wildman–Crippen MR) is 130 cm³/mol. The Morgan fingerprint density at radius 1 is 1.12 bits per heavy atom. The summed E-state index contributed by atoms with van der Waals surface area (Å²) in [5, 5.41) is 0.622. The van der Waals surface area contributed by atoms with E-state index >= 15 is 0 Å². The molecule has 0 fully saturated rings. The average Bonchev–Trinajstić information content (AvgIpc) is 3.26. The lowest BCUT2D eigenvalue weighted by atomic mass is 10.1. The molecule has 172 valence electrons. The topological polar surface area (TPSA) is 84.3 Å². The fourth-order valence-electron chi connectivity index (χ4n) is 3.67. The first-order chi connectivity index (χ1) is 15.0. The van der Waals surface area contributed by atoms with Gasteiger partial charge in [-0.25, -0.2) is 13.4 Å². The van der Waals surface area contributed by atoms with Crippen molar-refractivity contribution in [3.05, 3.63) is 51.7 Å². The van der Waals surface area contributed by atoms with E-state index in [1.165, 1.54) is 11.3 Å². The Balaban J connectivity index is 2.03. The van der Waals surface area contributed by atoms with E-state index in [-0.39, 0.29) is 10.8 Å². The van der Waals surface area contributed by atoms with Gasteiger partial charge in [0.25, 0.3) is 15.9 Å². The van der Waals surface area contributed by atoms with Crippen LogP contribution in [-0.2, 0) is 17.1 Å². The van der Waals surface area contributed by atoms with Crippen LogP contribution in [0.15, 0.2) is 29.2 Å². The van der Waals surface area contributed by atoms with Crippen molar-refractivity contribution in [2.75, 3.05) is 17.8 Å². The van der Waals surface area contributed by atoms with Gasteiger partial charge in [0.15, 0.2) is 0 Å². The molecule has 0 radical (unpaired) electrons. The van der Waals surface area contributed by atoms with Crippen molar-refractivity contribution in [3.63, 3.8) is 0 Å². The number of carbonyl (C=O) groups excluding carboxylic acids is 1. The summed E-state index contributed by atoms with van der Waals surface area (Å²) in [7, 11) is -2.00. The lowest BCUT2D eigenvalue weighted by Crippen LogP contribution is -2.30. The van der Waals surface area contributed by atoms with Gasteiger partial charge in [-0.2, -0.15) is 0 Å². The van der Waals surface area contributed by atoms with Crippen LogP contribution in [0, 0.1) is 27.7 Å². The molecule has 0 saturated heterocycles. The summed E-state index contributed by atoms with van der Waals surface area (Å²) in [4.78, 5) is 20.0. The number of sulfonamides is 1. The first kappa shape index (κ1) is 24.0. The normalized spacial score (nSPS) is 11.6. The summed E-state index contributed by atoms with van der Waals surface area (Å²) in [6.07, 6.45) is 0. The van der Waals surface area contributed by atoms with Crippen LogP contribution in [0.4, 0.5) is 5.69 Å². The van der Waals surface area contributed by atoms with Crippen LogP contribution < -0.4 is 4.72 Å². The van der Waals surface area contributed by atoms with Crippen molar-refractivity contribution in [3.8, 4) is 10.7 Å². The highest BCUT2D eigenvalue weighted by Crippen LogP contribution is 2.34. The molecule has 0 aliphatic rings. The number of rotatable bonds is 7. The van der Waals surface area contributed by atoms with Crippen molar-refractivity contribution in [2.24, 2.45) is 7.05 Å². The monoisotopic (exact) mass is 474 g/mol. The Kier molecular flexibility index (Phi) is 6.80. The molecule has 0 bridgehead atoms. The number of aryl methyl sites for hydroxylation is 3. The molecule has 0 unspecified atom stereocenters. The van der Waals surface area contributed by atoms with Crippen molar-refractivity contribution in [1.82, 2.24) is 14.5 Å². The van der Waals surface area contributed by atoms with Crippen LogP contribution in [0.1, 0.15) is 46.0 Å². The number of para-hydroxylation sites is 1. The van der Waals surface area contributed by atoms with Crippen molar-refractivity contribution >= 4 is 33.0 Å². The van der Waals surface area contributed by atoms with Gasteiger partial charge in [0, 0.05) is 25.8 Å². The predicted octanol–water partition coefficient (Wildman–Crippen LogP) is 4.67. The number of amides is 1. The molecule has 1 aromatic carbocycles. The second-order valence-electron chi connectivity index (χ2n) is 7.82. The number of aromatic nitrogens is 2. The van der Waals surface area contributed by atoms with E-state index in [2.05, 4.69) is 9.71 Å². The SMILES string of the molecule is CCN(CC)C(=O)c1sc(-c2cc(S(=O)(=O)Nc3c(C)cccc3C)c(C)n2C)nc1C. The highest BCUT2D eigenvalue weighted by molar-refractivity contribution is 7.92. The van der Waals surface area contributed by atoms with Gasteiger partial charge in [-0.3, -0.25) is 9.52 Å². The molecule has 9 heteroatoms. The Hall–Kier alpha value is -2.65. The smallest absolute Gasteiger partial charge is 0.265 e. The van der Waals surface area contributed by atoms with Crippen LogP contribution in [0.5, 0.6) is 0 Å². The minimum absolute atomic E-state index is 0.0493. The lowest BCUT2D eigenvalue weighted by molar-refractivity contribution is 0.0777. The summed E-state index contributed by atoms with van der Waals surface area (Å²) in [5.74, 6) is -0.0493. The van der Waals surface area contributed by atoms with E-state index < -0.39 is 10.0 Å². The molecule has 32 heavy (non-hydrogen) atoms. The molecule has 1 amide bonds. The van der Waals surface area contributed by atoms with E-state index in [1.807, 2.05) is 64.4 Å². The molecule has 7 nitrogen and oxygen atoms in total. The number of benzene rings is 1. The van der Waals surface area contributed by atoms with Gasteiger partial charge in [0.05, 0.1) is 17.1 Å². The summed E-state index contributed by atoms with van der Waals surface area (Å²) in [6, 6.07) is 7.28. The van der Waals surface area contributed by atoms with E-state index in [0.29, 0.717) is 45.7 Å². The number of thiazole rings is 1. The highest BCUT2D eigenvalue weighted by Gasteiger charge is 2.26. The van der Waals surface area contributed by atoms with Crippen LogP contribution >= 0.6 is 11.3 Å². The molecule has 0 atom stereocenters. The zero-order valence-corrected chi connectivity index (χ0v) is 21.2. The molecule has 2 aromatic heterocycles. The van der Waals surface area contributed by atoms with Gasteiger partial charge in [0.1, 0.15) is 14.8 Å². The zero-order chi connectivity index (χ0) is 23.8. The maximum atomic E-state index is 13.3. The Bertz CT molecular complexity index is 1250. The summed E-state index contributed by atoms with van der Waals surface area (Å²) < 4.78 is 31.1. The number of carbonyl (C=O) groups is 1. The quantitative estimate of drug-likeness (QED) is 0.540. The Labute approximate surface area is 194 Å². The maximum absolute atomic E-state index is 13.3. The third kappa shape index (κ3) is 4.31. The van der Waals surface area contributed by atoms with Gasteiger partial charge in [-0.1, -0.05) is 18.2 Å². The van der Waals surface area contributed by atoms with Crippen LogP contribution in [0.2, 0.25) is 0 Å². The van der Waals surface area contributed by atoms with Gasteiger partial charge >= 0.3 is 0 Å². The molecule has 0 aliphatic heterocycles. The number of nitrogens with one attached hydrogen (secondary N) is 1. The van der Waals surface area contributed by atoms with Gasteiger partial charge < -0.3 is 9.47 Å². The molecular formula is C23H30N4O3S2. The van der Waals surface area contributed by atoms with Crippen LogP contribution in [-0.4, -0.2) is 41.9 Å². The zero-order valence-electron chi connectivity index (χ0n) is 19.6. The first-order valence-corrected chi connectivity index (χ1v) is 12.8. The number of hydrogen-bond acceptors (Lipinski definition) is 5. The van der Waals surface area contributed by atoms with Gasteiger partial charge in [-0.15, -0.1) is 11.3 Å². The van der Waals surface area contributed by atoms with Crippen LogP contribution in [0.3, 0.4) is 0 Å². The molecule has 1 N–H and O–H groups in total. The molecule has 2 heterocycles. The number of nitrogens with zero attached hydrogens (tertiary/aromatic N) is 3. The third-order valence-electron chi connectivity index (χ3n) is 5.76. The van der Waals surface area contributed by atoms with E-state index in [4.69, 9.17) is 0 Å². The Morgan fingerprint density at radius 3 is 2.28 bits per heavy atom. The fraction of sp³-hybridized carbons (Fsp3) is 0.391. The highest BCUT2D eigenvalue weighted by atomic mass is 32.2.